The molecule has 0 saturated carbocycles. The molecule has 0 unspecified atom stereocenters. The Morgan fingerprint density at radius 1 is 1.00 bits per heavy atom. The van der Waals surface area contributed by atoms with Gasteiger partial charge in [-0.1, -0.05) is 45.9 Å². The summed E-state index contributed by atoms with van der Waals surface area (Å²) in [5, 5.41) is 14.7. The standard InChI is InChI=1S/C20H24N2OS.C10H14O4S/c1-4-22(5-2)13-12-21-16-11-10-14(3)20-18(16)19(23)15-8-6-7-9-17(15)24-20;1-6(2)8-5-10(15(12,13)14)7(3)4-9(8)11/h6-11,21H,4-5,12-13H2,1-3H3;4-6,11H,1-3H3,(H,12,13,14). The Bertz CT molecular complexity index is 1620. The van der Waals surface area contributed by atoms with Crippen LogP contribution in [-0.4, -0.2) is 49.2 Å². The number of rotatable bonds is 8. The van der Waals surface area contributed by atoms with Gasteiger partial charge in [0.25, 0.3) is 10.1 Å². The van der Waals surface area contributed by atoms with Crippen LogP contribution in [0.1, 0.15) is 50.3 Å². The predicted molar refractivity (Wildman–Crippen MR) is 163 cm³/mol. The normalized spacial score (nSPS) is 11.7. The molecule has 39 heavy (non-hydrogen) atoms. The number of phenols is 1. The van der Waals surface area contributed by atoms with Gasteiger partial charge in [-0.25, -0.2) is 0 Å². The number of nitrogens with one attached hydrogen (secondary N) is 1. The number of fused-ring (bicyclic) bond motifs is 2. The number of aryl methyl sites for hydroxylation is 2. The van der Waals surface area contributed by atoms with Crippen molar-refractivity contribution in [2.45, 2.75) is 52.4 Å². The third-order valence-corrected chi connectivity index (χ3v) is 9.09. The van der Waals surface area contributed by atoms with Crippen molar-refractivity contribution in [1.82, 2.24) is 4.90 Å². The minimum absolute atomic E-state index is 0.00824. The fourth-order valence-electron chi connectivity index (χ4n) is 4.50. The lowest BCUT2D eigenvalue weighted by atomic mass is 10.0. The van der Waals surface area contributed by atoms with Crippen molar-refractivity contribution in [3.8, 4) is 5.75 Å². The Balaban J connectivity index is 0.000000242. The molecule has 0 amide bonds. The van der Waals surface area contributed by atoms with Gasteiger partial charge in [0.15, 0.2) is 5.43 Å². The van der Waals surface area contributed by atoms with Gasteiger partial charge in [0.1, 0.15) is 5.75 Å². The number of benzene rings is 3. The van der Waals surface area contributed by atoms with E-state index in [4.69, 9.17) is 4.55 Å². The Morgan fingerprint density at radius 2 is 1.67 bits per heavy atom. The molecule has 1 aromatic heterocycles. The highest BCUT2D eigenvalue weighted by molar-refractivity contribution is 7.85. The van der Waals surface area contributed by atoms with Crippen LogP contribution in [0, 0.1) is 13.8 Å². The highest BCUT2D eigenvalue weighted by Crippen LogP contribution is 2.32. The Hall–Kier alpha value is -2.98. The van der Waals surface area contributed by atoms with E-state index in [1.54, 1.807) is 11.3 Å². The van der Waals surface area contributed by atoms with Crippen LogP contribution in [0.15, 0.2) is 58.2 Å². The second-order valence-corrected chi connectivity index (χ2v) is 12.3. The highest BCUT2D eigenvalue weighted by atomic mass is 32.2. The van der Waals surface area contributed by atoms with Gasteiger partial charge in [0.2, 0.25) is 0 Å². The third kappa shape index (κ3) is 7.16. The molecule has 3 N–H and O–H groups in total. The van der Waals surface area contributed by atoms with Crippen molar-refractivity contribution in [1.29, 1.82) is 0 Å². The maximum absolute atomic E-state index is 13.0. The van der Waals surface area contributed by atoms with Gasteiger partial charge in [0, 0.05) is 33.6 Å². The van der Waals surface area contributed by atoms with E-state index in [2.05, 4.69) is 37.1 Å². The zero-order chi connectivity index (χ0) is 28.9. The fraction of sp³-hybridized carbons (Fsp3) is 0.367. The summed E-state index contributed by atoms with van der Waals surface area (Å²) >= 11 is 1.70. The van der Waals surface area contributed by atoms with E-state index in [1.165, 1.54) is 19.1 Å². The molecule has 0 aliphatic heterocycles. The molecule has 0 fully saturated rings. The number of aromatic hydroxyl groups is 1. The lowest BCUT2D eigenvalue weighted by Gasteiger charge is -2.19. The molecular formula is C30H38N2O5S2. The summed E-state index contributed by atoms with van der Waals surface area (Å²) in [5.74, 6) is 0.0426. The van der Waals surface area contributed by atoms with Crippen LogP contribution in [0.3, 0.4) is 0 Å². The summed E-state index contributed by atoms with van der Waals surface area (Å²) in [5.41, 5.74) is 3.09. The first-order valence-corrected chi connectivity index (χ1v) is 15.4. The molecule has 4 aromatic rings. The summed E-state index contributed by atoms with van der Waals surface area (Å²) in [6, 6.07) is 14.7. The van der Waals surface area contributed by atoms with E-state index >= 15 is 0 Å². The van der Waals surface area contributed by atoms with Gasteiger partial charge < -0.3 is 15.3 Å². The first-order chi connectivity index (χ1) is 18.4. The molecule has 0 aliphatic carbocycles. The number of likely N-dealkylation sites (N-methyl/N-ethyl adjacent to an activating group) is 1. The molecule has 0 bridgehead atoms. The molecule has 9 heteroatoms. The van der Waals surface area contributed by atoms with Gasteiger partial charge in [-0.3, -0.25) is 9.35 Å². The van der Waals surface area contributed by atoms with Crippen molar-refractivity contribution in [3.63, 3.8) is 0 Å². The van der Waals surface area contributed by atoms with Crippen LogP contribution in [0.2, 0.25) is 0 Å². The maximum atomic E-state index is 13.0. The lowest BCUT2D eigenvalue weighted by Crippen LogP contribution is -2.28. The zero-order valence-corrected chi connectivity index (χ0v) is 25.0. The Kier molecular flexibility index (Phi) is 10.1. The number of phenolic OH excluding ortho intramolecular Hbond substituents is 1. The second-order valence-electron chi connectivity index (χ2n) is 9.82. The van der Waals surface area contributed by atoms with Crippen LogP contribution in [-0.2, 0) is 10.1 Å². The van der Waals surface area contributed by atoms with Gasteiger partial charge in [-0.2, -0.15) is 8.42 Å². The van der Waals surface area contributed by atoms with E-state index in [0.29, 0.717) is 11.1 Å². The number of hydrogen-bond donors (Lipinski definition) is 3. The van der Waals surface area contributed by atoms with Crippen LogP contribution in [0.5, 0.6) is 5.75 Å². The van der Waals surface area contributed by atoms with Crippen molar-refractivity contribution in [3.05, 3.63) is 75.4 Å². The van der Waals surface area contributed by atoms with Crippen molar-refractivity contribution in [2.75, 3.05) is 31.5 Å². The van der Waals surface area contributed by atoms with Gasteiger partial charge in [-0.15, -0.1) is 11.3 Å². The van der Waals surface area contributed by atoms with Gasteiger partial charge >= 0.3 is 0 Å². The SMILES string of the molecule is CCN(CC)CCNc1ccc(C)c2sc3ccccc3c(=O)c12.Cc1cc(O)c(C(C)C)cc1S(=O)(=O)O. The Labute approximate surface area is 234 Å². The highest BCUT2D eigenvalue weighted by Gasteiger charge is 2.17. The largest absolute Gasteiger partial charge is 0.508 e. The van der Waals surface area contributed by atoms with Gasteiger partial charge in [0.05, 0.1) is 10.3 Å². The minimum Gasteiger partial charge on any atom is -0.508 e. The van der Waals surface area contributed by atoms with Crippen molar-refractivity contribution < 1.29 is 18.1 Å². The molecule has 0 atom stereocenters. The quantitative estimate of drug-likeness (QED) is 0.163. The van der Waals surface area contributed by atoms with E-state index in [1.807, 2.05) is 44.2 Å². The van der Waals surface area contributed by atoms with Crippen LogP contribution >= 0.6 is 11.3 Å². The average Bonchev–Trinajstić information content (AvgIpc) is 2.87. The summed E-state index contributed by atoms with van der Waals surface area (Å²) in [7, 11) is -4.22. The van der Waals surface area contributed by atoms with Crippen LogP contribution < -0.4 is 10.7 Å². The molecule has 1 heterocycles. The summed E-state index contributed by atoms with van der Waals surface area (Å²) in [6.45, 7) is 15.5. The number of anilines is 1. The summed E-state index contributed by atoms with van der Waals surface area (Å²) < 4.78 is 33.1. The molecule has 0 aliphatic rings. The number of nitrogens with zero attached hydrogens (tertiary/aromatic N) is 1. The van der Waals surface area contributed by atoms with Crippen molar-refractivity contribution >= 4 is 47.3 Å². The molecular weight excluding hydrogens is 532 g/mol. The van der Waals surface area contributed by atoms with E-state index in [0.717, 1.165) is 57.6 Å². The number of hydrogen-bond acceptors (Lipinski definition) is 7. The molecule has 7 nitrogen and oxygen atoms in total. The van der Waals surface area contributed by atoms with Crippen LogP contribution in [0.25, 0.3) is 20.2 Å². The van der Waals surface area contributed by atoms with E-state index in [-0.39, 0.29) is 22.0 Å². The van der Waals surface area contributed by atoms with Gasteiger partial charge in [-0.05, 0) is 79.9 Å². The first kappa shape index (κ1) is 30.6. The third-order valence-electron chi connectivity index (χ3n) is 6.79. The maximum Gasteiger partial charge on any atom is 0.294 e. The lowest BCUT2D eigenvalue weighted by molar-refractivity contribution is 0.316. The average molecular weight is 571 g/mol. The molecule has 0 radical (unpaired) electrons. The van der Waals surface area contributed by atoms with Crippen molar-refractivity contribution in [2.24, 2.45) is 0 Å². The molecule has 0 saturated heterocycles. The van der Waals surface area contributed by atoms with Crippen LogP contribution in [0.4, 0.5) is 5.69 Å². The molecule has 210 valence electrons. The topological polar surface area (TPSA) is 107 Å². The minimum atomic E-state index is -4.22. The monoisotopic (exact) mass is 570 g/mol. The Morgan fingerprint density at radius 3 is 2.28 bits per heavy atom. The molecule has 0 spiro atoms. The molecule has 4 rings (SSSR count). The smallest absolute Gasteiger partial charge is 0.294 e. The first-order valence-electron chi connectivity index (χ1n) is 13.1. The molecule has 3 aromatic carbocycles. The summed E-state index contributed by atoms with van der Waals surface area (Å²) in [6.07, 6.45) is 0. The van der Waals surface area contributed by atoms with E-state index in [9.17, 15) is 18.3 Å². The van der Waals surface area contributed by atoms with E-state index < -0.39 is 10.1 Å². The summed E-state index contributed by atoms with van der Waals surface area (Å²) in [4.78, 5) is 15.3. The zero-order valence-electron chi connectivity index (χ0n) is 23.4. The second kappa shape index (κ2) is 12.9. The predicted octanol–water partition coefficient (Wildman–Crippen LogP) is 6.55. The fourth-order valence-corrected chi connectivity index (χ4v) is 6.41.